The topological polar surface area (TPSA) is 49.4 Å². The van der Waals surface area contributed by atoms with Crippen LogP contribution < -0.4 is 5.32 Å². The lowest BCUT2D eigenvalue weighted by Gasteiger charge is -2.33. The van der Waals surface area contributed by atoms with Crippen molar-refractivity contribution in [1.82, 2.24) is 10.2 Å². The molecule has 4 nitrogen and oxygen atoms in total. The smallest absolute Gasteiger partial charge is 0.243 e. The molecule has 31 heavy (non-hydrogen) atoms. The normalized spacial score (nSPS) is 12.3. The minimum absolute atomic E-state index is 0.00851. The number of benzene rings is 2. The summed E-state index contributed by atoms with van der Waals surface area (Å²) in [5, 5.41) is 3.74. The van der Waals surface area contributed by atoms with Crippen LogP contribution in [0, 0.1) is 0 Å². The number of carbonyl (C=O) groups is 2. The maximum atomic E-state index is 13.2. The molecule has 0 heterocycles. The van der Waals surface area contributed by atoms with E-state index in [-0.39, 0.29) is 17.4 Å². The van der Waals surface area contributed by atoms with Crippen molar-refractivity contribution in [2.45, 2.75) is 57.9 Å². The van der Waals surface area contributed by atoms with Gasteiger partial charge >= 0.3 is 0 Å². The van der Waals surface area contributed by atoms with E-state index in [4.69, 9.17) is 11.6 Å². The van der Waals surface area contributed by atoms with Crippen LogP contribution in [0.4, 0.5) is 0 Å². The molecule has 6 heteroatoms. The van der Waals surface area contributed by atoms with E-state index in [1.165, 1.54) is 0 Å². The van der Waals surface area contributed by atoms with Crippen LogP contribution in [-0.2, 0) is 21.8 Å². The van der Waals surface area contributed by atoms with Crippen molar-refractivity contribution in [2.75, 3.05) is 12.3 Å². The molecule has 0 saturated heterocycles. The molecule has 0 aliphatic heterocycles. The standard InChI is InChI=1S/C25H33ClN2O2S/c1-5-22(24(30)27-25(2,3)4)28(16-15-19-9-7-6-8-10-19)23(29)18-31-17-20-11-13-21(26)14-12-20/h6-14,22H,5,15-18H2,1-4H3,(H,27,30). The summed E-state index contributed by atoms with van der Waals surface area (Å²) in [4.78, 5) is 27.9. The third kappa shape index (κ3) is 8.96. The molecule has 0 aliphatic rings. The zero-order chi connectivity index (χ0) is 22.9. The maximum Gasteiger partial charge on any atom is 0.243 e. The van der Waals surface area contributed by atoms with Crippen LogP contribution in [0.1, 0.15) is 45.2 Å². The Balaban J connectivity index is 2.07. The monoisotopic (exact) mass is 460 g/mol. The average Bonchev–Trinajstić information content (AvgIpc) is 2.71. The highest BCUT2D eigenvalue weighted by molar-refractivity contribution is 7.99. The van der Waals surface area contributed by atoms with Crippen molar-refractivity contribution in [1.29, 1.82) is 0 Å². The van der Waals surface area contributed by atoms with Gasteiger partial charge in [-0.25, -0.2) is 0 Å². The molecule has 0 aliphatic carbocycles. The minimum Gasteiger partial charge on any atom is -0.350 e. The second-order valence-corrected chi connectivity index (χ2v) is 10.0. The summed E-state index contributed by atoms with van der Waals surface area (Å²) in [6, 6.07) is 17.2. The van der Waals surface area contributed by atoms with Crippen LogP contribution in [0.3, 0.4) is 0 Å². The quantitative estimate of drug-likeness (QED) is 0.520. The Labute approximate surface area is 195 Å². The number of halogens is 1. The van der Waals surface area contributed by atoms with Gasteiger partial charge in [0.25, 0.3) is 0 Å². The van der Waals surface area contributed by atoms with Crippen LogP contribution in [-0.4, -0.2) is 40.6 Å². The van der Waals surface area contributed by atoms with E-state index in [1.807, 2.05) is 82.3 Å². The Bertz CT molecular complexity index is 835. The fourth-order valence-electron chi connectivity index (χ4n) is 3.27. The molecule has 1 unspecified atom stereocenters. The van der Waals surface area contributed by atoms with Crippen molar-refractivity contribution < 1.29 is 9.59 Å². The Kier molecular flexibility index (Phi) is 9.92. The molecule has 0 spiro atoms. The molecule has 0 fully saturated rings. The van der Waals surface area contributed by atoms with Crippen molar-refractivity contribution in [3.05, 3.63) is 70.7 Å². The molecule has 0 radical (unpaired) electrons. The van der Waals surface area contributed by atoms with Crippen molar-refractivity contribution >= 4 is 35.2 Å². The van der Waals surface area contributed by atoms with Gasteiger partial charge in [-0.2, -0.15) is 0 Å². The fraction of sp³-hybridized carbons (Fsp3) is 0.440. The molecule has 2 rings (SSSR count). The second kappa shape index (κ2) is 12.2. The first-order chi connectivity index (χ1) is 14.7. The zero-order valence-corrected chi connectivity index (χ0v) is 20.4. The number of rotatable bonds is 10. The molecule has 0 aromatic heterocycles. The summed E-state index contributed by atoms with van der Waals surface area (Å²) >= 11 is 7.50. The highest BCUT2D eigenvalue weighted by Gasteiger charge is 2.30. The number of nitrogens with zero attached hydrogens (tertiary/aromatic N) is 1. The highest BCUT2D eigenvalue weighted by Crippen LogP contribution is 2.18. The number of carbonyl (C=O) groups excluding carboxylic acids is 2. The first-order valence-corrected chi connectivity index (χ1v) is 12.2. The summed E-state index contributed by atoms with van der Waals surface area (Å²) < 4.78 is 0. The summed E-state index contributed by atoms with van der Waals surface area (Å²) in [5.74, 6) is 0.946. The molecular formula is C25H33ClN2O2S. The van der Waals surface area contributed by atoms with Gasteiger partial charge in [-0.1, -0.05) is 61.0 Å². The van der Waals surface area contributed by atoms with Gasteiger partial charge in [0.1, 0.15) is 6.04 Å². The lowest BCUT2D eigenvalue weighted by molar-refractivity contribution is -0.139. The number of hydrogen-bond donors (Lipinski definition) is 1. The van der Waals surface area contributed by atoms with Crippen molar-refractivity contribution in [3.8, 4) is 0 Å². The predicted octanol–water partition coefficient (Wildman–Crippen LogP) is 5.34. The van der Waals surface area contributed by atoms with E-state index >= 15 is 0 Å². The van der Waals surface area contributed by atoms with Gasteiger partial charge in [0.2, 0.25) is 11.8 Å². The van der Waals surface area contributed by atoms with Crippen molar-refractivity contribution in [2.24, 2.45) is 0 Å². The summed E-state index contributed by atoms with van der Waals surface area (Å²) in [6.07, 6.45) is 1.29. The van der Waals surface area contributed by atoms with Gasteiger partial charge in [-0.05, 0) is 56.9 Å². The van der Waals surface area contributed by atoms with Crippen LogP contribution in [0.25, 0.3) is 0 Å². The van der Waals surface area contributed by atoms with Crippen molar-refractivity contribution in [3.63, 3.8) is 0 Å². The largest absolute Gasteiger partial charge is 0.350 e. The van der Waals surface area contributed by atoms with Gasteiger partial charge in [0.15, 0.2) is 0 Å². The van der Waals surface area contributed by atoms with E-state index in [0.29, 0.717) is 30.2 Å². The summed E-state index contributed by atoms with van der Waals surface area (Å²) in [5.41, 5.74) is 1.93. The Hall–Kier alpha value is -1.98. The van der Waals surface area contributed by atoms with Gasteiger partial charge in [0.05, 0.1) is 5.75 Å². The van der Waals surface area contributed by atoms with Crippen LogP contribution in [0.2, 0.25) is 5.02 Å². The van der Waals surface area contributed by atoms with Gasteiger partial charge in [0, 0.05) is 22.9 Å². The molecule has 1 atom stereocenters. The fourth-order valence-corrected chi connectivity index (χ4v) is 4.27. The predicted molar refractivity (Wildman–Crippen MR) is 131 cm³/mol. The van der Waals surface area contributed by atoms with Gasteiger partial charge in [-0.15, -0.1) is 11.8 Å². The lowest BCUT2D eigenvalue weighted by Crippen LogP contribution is -2.54. The third-order valence-electron chi connectivity index (χ3n) is 4.78. The van der Waals surface area contributed by atoms with Crippen LogP contribution in [0.5, 0.6) is 0 Å². The SMILES string of the molecule is CCC(C(=O)NC(C)(C)C)N(CCc1ccccc1)C(=O)CSCc1ccc(Cl)cc1. The molecule has 2 aromatic carbocycles. The van der Waals surface area contributed by atoms with Gasteiger partial charge < -0.3 is 10.2 Å². The number of amides is 2. The average molecular weight is 461 g/mol. The van der Waals surface area contributed by atoms with E-state index < -0.39 is 6.04 Å². The van der Waals surface area contributed by atoms with E-state index in [9.17, 15) is 9.59 Å². The molecule has 168 valence electrons. The van der Waals surface area contributed by atoms with Gasteiger partial charge in [-0.3, -0.25) is 9.59 Å². The molecule has 1 N–H and O–H groups in total. The summed E-state index contributed by atoms with van der Waals surface area (Å²) in [7, 11) is 0. The van der Waals surface area contributed by atoms with Crippen LogP contribution >= 0.6 is 23.4 Å². The number of nitrogens with one attached hydrogen (secondary N) is 1. The Morgan fingerprint density at radius 1 is 1.03 bits per heavy atom. The molecule has 0 bridgehead atoms. The Morgan fingerprint density at radius 3 is 2.26 bits per heavy atom. The first-order valence-electron chi connectivity index (χ1n) is 10.7. The first kappa shape index (κ1) is 25.3. The highest BCUT2D eigenvalue weighted by atomic mass is 35.5. The zero-order valence-electron chi connectivity index (χ0n) is 18.9. The maximum absolute atomic E-state index is 13.2. The second-order valence-electron chi connectivity index (χ2n) is 8.61. The third-order valence-corrected chi connectivity index (χ3v) is 6.02. The summed E-state index contributed by atoms with van der Waals surface area (Å²) in [6.45, 7) is 8.33. The molecule has 2 amide bonds. The molecule has 2 aromatic rings. The van der Waals surface area contributed by atoms with E-state index in [2.05, 4.69) is 5.32 Å². The molecule has 0 saturated carbocycles. The van der Waals surface area contributed by atoms with E-state index in [0.717, 1.165) is 16.9 Å². The minimum atomic E-state index is -0.480. The molecular weight excluding hydrogens is 428 g/mol. The Morgan fingerprint density at radius 2 is 1.68 bits per heavy atom. The van der Waals surface area contributed by atoms with Crippen LogP contribution in [0.15, 0.2) is 54.6 Å². The lowest BCUT2D eigenvalue weighted by atomic mass is 10.1. The number of hydrogen-bond acceptors (Lipinski definition) is 3. The van der Waals surface area contributed by atoms with E-state index in [1.54, 1.807) is 16.7 Å². The number of thioether (sulfide) groups is 1.